The zero-order chi connectivity index (χ0) is 13.2. The first-order valence-corrected chi connectivity index (χ1v) is 8.23. The van der Waals surface area contributed by atoms with Crippen LogP contribution in [-0.4, -0.2) is 36.2 Å². The lowest BCUT2D eigenvalue weighted by atomic mass is 10.2. The van der Waals surface area contributed by atoms with Gasteiger partial charge < -0.3 is 5.73 Å². The summed E-state index contributed by atoms with van der Waals surface area (Å²) >= 11 is 3.48. The molecule has 17 heavy (non-hydrogen) atoms. The molecule has 1 rings (SSSR count). The molecule has 0 saturated heterocycles. The highest BCUT2D eigenvalue weighted by Gasteiger charge is 2.18. The van der Waals surface area contributed by atoms with E-state index in [1.807, 2.05) is 14.0 Å². The van der Waals surface area contributed by atoms with Gasteiger partial charge >= 0.3 is 0 Å². The molecule has 5 nitrogen and oxygen atoms in total. The summed E-state index contributed by atoms with van der Waals surface area (Å²) in [5.41, 5.74) is 7.75. The summed E-state index contributed by atoms with van der Waals surface area (Å²) in [6.45, 7) is 2.02. The SMILES string of the molecule is CCc1nn(C)c(CC(N)CS(C)(=O)=O)c1Br. The molecule has 0 spiro atoms. The number of halogens is 1. The molecule has 2 N–H and O–H groups in total. The molecule has 0 amide bonds. The van der Waals surface area contributed by atoms with Gasteiger partial charge in [0, 0.05) is 25.8 Å². The first-order chi connectivity index (χ1) is 7.74. The fourth-order valence-corrected chi connectivity index (χ4v) is 3.41. The maximum Gasteiger partial charge on any atom is 0.148 e. The largest absolute Gasteiger partial charge is 0.326 e. The van der Waals surface area contributed by atoms with Crippen LogP contribution in [-0.2, 0) is 29.7 Å². The van der Waals surface area contributed by atoms with E-state index in [4.69, 9.17) is 5.73 Å². The smallest absolute Gasteiger partial charge is 0.148 e. The van der Waals surface area contributed by atoms with Crippen LogP contribution in [0.3, 0.4) is 0 Å². The normalized spacial score (nSPS) is 13.9. The summed E-state index contributed by atoms with van der Waals surface area (Å²) < 4.78 is 25.0. The molecule has 0 saturated carbocycles. The molecule has 0 bridgehead atoms. The van der Waals surface area contributed by atoms with Gasteiger partial charge in [0.2, 0.25) is 0 Å². The Balaban J connectivity index is 2.85. The van der Waals surface area contributed by atoms with Crippen molar-refractivity contribution >= 4 is 25.8 Å². The third kappa shape index (κ3) is 4.08. The van der Waals surface area contributed by atoms with E-state index in [-0.39, 0.29) is 5.75 Å². The van der Waals surface area contributed by atoms with E-state index in [0.717, 1.165) is 22.3 Å². The van der Waals surface area contributed by atoms with Crippen molar-refractivity contribution in [1.29, 1.82) is 0 Å². The summed E-state index contributed by atoms with van der Waals surface area (Å²) in [6.07, 6.45) is 2.52. The average molecular weight is 324 g/mol. The van der Waals surface area contributed by atoms with Crippen LogP contribution in [0.15, 0.2) is 4.47 Å². The van der Waals surface area contributed by atoms with Gasteiger partial charge in [-0.25, -0.2) is 8.42 Å². The summed E-state index contributed by atoms with van der Waals surface area (Å²) in [5, 5.41) is 4.34. The molecule has 0 aliphatic carbocycles. The number of hydrogen-bond donors (Lipinski definition) is 1. The summed E-state index contributed by atoms with van der Waals surface area (Å²) in [5.74, 6) is -0.00786. The zero-order valence-corrected chi connectivity index (χ0v) is 12.7. The van der Waals surface area contributed by atoms with Crippen LogP contribution < -0.4 is 5.73 Å². The van der Waals surface area contributed by atoms with Crippen LogP contribution in [0, 0.1) is 0 Å². The molecule has 0 fully saturated rings. The van der Waals surface area contributed by atoms with E-state index in [1.54, 1.807) is 4.68 Å². The van der Waals surface area contributed by atoms with E-state index >= 15 is 0 Å². The van der Waals surface area contributed by atoms with Crippen molar-refractivity contribution in [2.24, 2.45) is 12.8 Å². The Hall–Kier alpha value is -0.400. The van der Waals surface area contributed by atoms with E-state index in [2.05, 4.69) is 21.0 Å². The Labute approximate surface area is 110 Å². The van der Waals surface area contributed by atoms with Gasteiger partial charge in [0.25, 0.3) is 0 Å². The van der Waals surface area contributed by atoms with Gasteiger partial charge in [-0.05, 0) is 22.4 Å². The molecular formula is C10H18BrN3O2S. The van der Waals surface area contributed by atoms with Crippen molar-refractivity contribution in [2.75, 3.05) is 12.0 Å². The topological polar surface area (TPSA) is 78.0 Å². The number of nitrogens with zero attached hydrogens (tertiary/aromatic N) is 2. The Morgan fingerprint density at radius 3 is 2.53 bits per heavy atom. The second kappa shape index (κ2) is 5.49. The van der Waals surface area contributed by atoms with E-state index in [0.29, 0.717) is 6.42 Å². The van der Waals surface area contributed by atoms with Gasteiger partial charge in [0.1, 0.15) is 9.84 Å². The van der Waals surface area contributed by atoms with Gasteiger partial charge in [-0.2, -0.15) is 5.10 Å². The molecule has 98 valence electrons. The van der Waals surface area contributed by atoms with E-state index < -0.39 is 15.9 Å². The minimum absolute atomic E-state index is 0.00786. The second-order valence-corrected chi connectivity index (χ2v) is 7.22. The maximum absolute atomic E-state index is 11.1. The standard InChI is InChI=1S/C10H18BrN3O2S/c1-4-8-10(11)9(14(2)13-8)5-7(12)6-17(3,15)16/h7H,4-6,12H2,1-3H3. The number of nitrogens with two attached hydrogens (primary N) is 1. The molecule has 0 radical (unpaired) electrons. The Bertz CT molecular complexity index is 496. The number of aromatic nitrogens is 2. The lowest BCUT2D eigenvalue weighted by molar-refractivity contribution is 0.586. The van der Waals surface area contributed by atoms with Gasteiger partial charge in [0.05, 0.1) is 21.6 Å². The predicted molar refractivity (Wildman–Crippen MR) is 71.7 cm³/mol. The molecule has 0 aliphatic heterocycles. The first kappa shape index (κ1) is 14.7. The van der Waals surface area contributed by atoms with Crippen LogP contribution in [0.4, 0.5) is 0 Å². The quantitative estimate of drug-likeness (QED) is 0.863. The molecule has 1 unspecified atom stereocenters. The van der Waals surface area contributed by atoms with Crippen LogP contribution >= 0.6 is 15.9 Å². The summed E-state index contributed by atoms with van der Waals surface area (Å²) in [6, 6.07) is -0.401. The van der Waals surface area contributed by atoms with Crippen LogP contribution in [0.2, 0.25) is 0 Å². The first-order valence-electron chi connectivity index (χ1n) is 5.38. The average Bonchev–Trinajstić information content (AvgIpc) is 2.42. The van der Waals surface area contributed by atoms with Crippen molar-refractivity contribution in [2.45, 2.75) is 25.8 Å². The lowest BCUT2D eigenvalue weighted by Crippen LogP contribution is -2.32. The van der Waals surface area contributed by atoms with Crippen molar-refractivity contribution in [3.05, 3.63) is 15.9 Å². The molecular weight excluding hydrogens is 306 g/mol. The third-order valence-corrected chi connectivity index (χ3v) is 4.42. The van der Waals surface area contributed by atoms with E-state index in [9.17, 15) is 8.42 Å². The van der Waals surface area contributed by atoms with Gasteiger partial charge in [-0.1, -0.05) is 6.92 Å². The van der Waals surface area contributed by atoms with Crippen molar-refractivity contribution in [3.8, 4) is 0 Å². The number of hydrogen-bond acceptors (Lipinski definition) is 4. The fraction of sp³-hybridized carbons (Fsp3) is 0.700. The number of aryl methyl sites for hydroxylation is 2. The molecule has 0 aromatic carbocycles. The van der Waals surface area contributed by atoms with Crippen LogP contribution in [0.1, 0.15) is 18.3 Å². The van der Waals surface area contributed by atoms with Gasteiger partial charge in [-0.15, -0.1) is 0 Å². The maximum atomic E-state index is 11.1. The van der Waals surface area contributed by atoms with Crippen molar-refractivity contribution in [3.63, 3.8) is 0 Å². The Kier molecular flexibility index (Phi) is 4.74. The van der Waals surface area contributed by atoms with Crippen LogP contribution in [0.25, 0.3) is 0 Å². The lowest BCUT2D eigenvalue weighted by Gasteiger charge is -2.10. The highest BCUT2D eigenvalue weighted by Crippen LogP contribution is 2.22. The number of sulfone groups is 1. The minimum Gasteiger partial charge on any atom is -0.326 e. The minimum atomic E-state index is -3.04. The highest BCUT2D eigenvalue weighted by atomic mass is 79.9. The molecule has 1 heterocycles. The monoisotopic (exact) mass is 323 g/mol. The fourth-order valence-electron chi connectivity index (χ4n) is 1.74. The molecule has 0 aliphatic rings. The van der Waals surface area contributed by atoms with Gasteiger partial charge in [0.15, 0.2) is 0 Å². The molecule has 1 aromatic rings. The molecule has 1 aromatic heterocycles. The summed E-state index contributed by atoms with van der Waals surface area (Å²) in [7, 11) is -1.20. The van der Waals surface area contributed by atoms with E-state index in [1.165, 1.54) is 6.26 Å². The Morgan fingerprint density at radius 1 is 1.53 bits per heavy atom. The van der Waals surface area contributed by atoms with Gasteiger partial charge in [-0.3, -0.25) is 4.68 Å². The van der Waals surface area contributed by atoms with Crippen molar-refractivity contribution in [1.82, 2.24) is 9.78 Å². The highest BCUT2D eigenvalue weighted by molar-refractivity contribution is 9.10. The van der Waals surface area contributed by atoms with Crippen molar-refractivity contribution < 1.29 is 8.42 Å². The van der Waals surface area contributed by atoms with Crippen LogP contribution in [0.5, 0.6) is 0 Å². The number of rotatable bonds is 5. The molecule has 7 heteroatoms. The zero-order valence-electron chi connectivity index (χ0n) is 10.3. The Morgan fingerprint density at radius 2 is 2.12 bits per heavy atom. The molecule has 1 atom stereocenters. The third-order valence-electron chi connectivity index (χ3n) is 2.48. The second-order valence-electron chi connectivity index (χ2n) is 4.24. The predicted octanol–water partition coefficient (Wildman–Crippen LogP) is 0.659. The summed E-state index contributed by atoms with van der Waals surface area (Å²) in [4.78, 5) is 0.